The van der Waals surface area contributed by atoms with E-state index in [0.717, 1.165) is 23.7 Å². The lowest BCUT2D eigenvalue weighted by Crippen LogP contribution is -2.73. The first kappa shape index (κ1) is 34.5. The maximum Gasteiger partial charge on any atom is 0.0543 e. The van der Waals surface area contributed by atoms with Crippen molar-refractivity contribution in [1.29, 1.82) is 0 Å². The van der Waals surface area contributed by atoms with Crippen molar-refractivity contribution in [2.75, 3.05) is 4.90 Å². The molecule has 4 fully saturated rings. The Labute approximate surface area is 350 Å². The molecular weight excluding hydrogens is 711 g/mol. The minimum Gasteiger partial charge on any atom is -0.309 e. The zero-order valence-corrected chi connectivity index (χ0v) is 34.9. The van der Waals surface area contributed by atoms with E-state index >= 15 is 0 Å². The zero-order valence-electron chi connectivity index (χ0n) is 34.9. The van der Waals surface area contributed by atoms with Gasteiger partial charge in [-0.25, -0.2) is 0 Å². The second kappa shape index (κ2) is 11.7. The summed E-state index contributed by atoms with van der Waals surface area (Å²) in [6, 6.07) is 58.5. The van der Waals surface area contributed by atoms with Crippen LogP contribution in [-0.2, 0) is 16.2 Å². The fourth-order valence-electron chi connectivity index (χ4n) is 15.1. The highest BCUT2D eigenvalue weighted by Crippen LogP contribution is 2.89. The largest absolute Gasteiger partial charge is 0.309 e. The van der Waals surface area contributed by atoms with Gasteiger partial charge in [-0.05, 0) is 158 Å². The van der Waals surface area contributed by atoms with Crippen molar-refractivity contribution in [3.8, 4) is 33.4 Å². The second-order valence-electron chi connectivity index (χ2n) is 20.7. The first-order chi connectivity index (χ1) is 28.7. The van der Waals surface area contributed by atoms with Gasteiger partial charge in [0.2, 0.25) is 0 Å². The van der Waals surface area contributed by atoms with E-state index in [9.17, 15) is 0 Å². The zero-order chi connectivity index (χ0) is 39.5. The first-order valence-electron chi connectivity index (χ1n) is 22.6. The van der Waals surface area contributed by atoms with Gasteiger partial charge in [-0.15, -0.1) is 0 Å². The van der Waals surface area contributed by atoms with Crippen LogP contribution >= 0.6 is 0 Å². The molecule has 4 saturated carbocycles. The lowest BCUT2D eigenvalue weighted by atomic mass is 9.27. The lowest BCUT2D eigenvalue weighted by molar-refractivity contribution is -0.231. The summed E-state index contributed by atoms with van der Waals surface area (Å²) in [5, 5.41) is 2.57. The number of para-hydroxylation sites is 1. The molecule has 0 N–H and O–H groups in total. The molecule has 1 nitrogen and oxygen atoms in total. The molecule has 2 spiro atoms. The van der Waals surface area contributed by atoms with Crippen LogP contribution in [0.25, 0.3) is 44.2 Å². The molecule has 290 valence electrons. The molecule has 0 aromatic heterocycles. The highest BCUT2D eigenvalue weighted by atomic mass is 15.1. The molecule has 0 radical (unpaired) electrons. The number of fused-ring (bicyclic) bond motifs is 10. The maximum atomic E-state index is 2.65. The number of hydrogen-bond donors (Lipinski definition) is 0. The number of benzene rings is 7. The summed E-state index contributed by atoms with van der Waals surface area (Å²) in [7, 11) is 0. The number of nitrogens with zero attached hydrogens (tertiary/aromatic N) is 1. The Bertz CT molecular complexity index is 2890. The van der Waals surface area contributed by atoms with Gasteiger partial charge < -0.3 is 4.90 Å². The maximum absolute atomic E-state index is 2.65. The smallest absolute Gasteiger partial charge is 0.0543 e. The van der Waals surface area contributed by atoms with Crippen LogP contribution in [0.2, 0.25) is 0 Å². The molecule has 2 bridgehead atoms. The van der Waals surface area contributed by atoms with Crippen LogP contribution in [0.4, 0.5) is 17.1 Å². The van der Waals surface area contributed by atoms with Gasteiger partial charge in [0, 0.05) is 22.2 Å². The Morgan fingerprint density at radius 3 is 1.98 bits per heavy atom. The average Bonchev–Trinajstić information content (AvgIpc) is 3.90. The highest BCUT2D eigenvalue weighted by molar-refractivity contribution is 6.00. The Balaban J connectivity index is 1.05. The van der Waals surface area contributed by atoms with E-state index in [1.165, 1.54) is 111 Å². The van der Waals surface area contributed by atoms with Gasteiger partial charge in [0.15, 0.2) is 0 Å². The SMILES string of the molecule is CC1(C)CCC(C)(C)c2c(-c3ccccc3N(c3ccc(-c4cccc5ccccc45)cc3)c3cccc4c3-c3ccccc3C43C4CC5CC6CC3C64C5)cccc21. The number of rotatable bonds is 5. The van der Waals surface area contributed by atoms with Crippen molar-refractivity contribution in [2.45, 2.75) is 82.5 Å². The molecule has 0 saturated heterocycles. The van der Waals surface area contributed by atoms with Crippen LogP contribution in [0.3, 0.4) is 0 Å². The number of hydrogen-bond acceptors (Lipinski definition) is 1. The predicted octanol–water partition coefficient (Wildman–Crippen LogP) is 15.3. The van der Waals surface area contributed by atoms with Crippen molar-refractivity contribution in [2.24, 2.45) is 29.1 Å². The molecular formula is C58H53N. The third-order valence-electron chi connectivity index (χ3n) is 17.4. The van der Waals surface area contributed by atoms with Crippen molar-refractivity contribution in [1.82, 2.24) is 0 Å². The third kappa shape index (κ3) is 4.27. The highest BCUT2D eigenvalue weighted by Gasteiger charge is 2.84. The second-order valence-corrected chi connectivity index (χ2v) is 20.7. The lowest BCUT2D eigenvalue weighted by Gasteiger charge is -2.76. The average molecular weight is 764 g/mol. The monoisotopic (exact) mass is 763 g/mol. The summed E-state index contributed by atoms with van der Waals surface area (Å²) in [5.41, 5.74) is 19.1. The van der Waals surface area contributed by atoms with Gasteiger partial charge in [0.25, 0.3) is 0 Å². The van der Waals surface area contributed by atoms with E-state index in [0.29, 0.717) is 5.41 Å². The van der Waals surface area contributed by atoms with E-state index in [1.54, 1.807) is 11.1 Å². The fraction of sp³-hybridized carbons (Fsp3) is 0.310. The van der Waals surface area contributed by atoms with Crippen molar-refractivity contribution in [3.05, 3.63) is 174 Å². The molecule has 0 aliphatic heterocycles. The molecule has 13 rings (SSSR count). The van der Waals surface area contributed by atoms with Gasteiger partial charge in [-0.3, -0.25) is 0 Å². The molecule has 0 amide bonds. The van der Waals surface area contributed by atoms with Gasteiger partial charge in [0.05, 0.1) is 11.4 Å². The normalized spacial score (nSPS) is 28.0. The third-order valence-corrected chi connectivity index (χ3v) is 17.4. The van der Waals surface area contributed by atoms with Crippen LogP contribution in [0.1, 0.15) is 88.5 Å². The van der Waals surface area contributed by atoms with Crippen LogP contribution in [0.5, 0.6) is 0 Å². The molecule has 1 heteroatoms. The van der Waals surface area contributed by atoms with Crippen molar-refractivity contribution >= 4 is 27.8 Å². The summed E-state index contributed by atoms with van der Waals surface area (Å²) in [6.45, 7) is 9.85. The Kier molecular flexibility index (Phi) is 6.81. The van der Waals surface area contributed by atoms with E-state index in [2.05, 4.69) is 184 Å². The van der Waals surface area contributed by atoms with Gasteiger partial charge >= 0.3 is 0 Å². The van der Waals surface area contributed by atoms with Crippen LogP contribution < -0.4 is 4.90 Å². The van der Waals surface area contributed by atoms with Gasteiger partial charge in [-0.1, -0.05) is 155 Å². The van der Waals surface area contributed by atoms with E-state index < -0.39 is 0 Å². The first-order valence-corrected chi connectivity index (χ1v) is 22.6. The molecule has 0 heterocycles. The summed E-state index contributed by atoms with van der Waals surface area (Å²) in [4.78, 5) is 2.65. The van der Waals surface area contributed by atoms with Crippen LogP contribution in [-0.4, -0.2) is 0 Å². The molecule has 6 aliphatic rings. The van der Waals surface area contributed by atoms with E-state index in [4.69, 9.17) is 0 Å². The summed E-state index contributed by atoms with van der Waals surface area (Å²) >= 11 is 0. The Morgan fingerprint density at radius 2 is 1.12 bits per heavy atom. The minimum atomic E-state index is 0.0697. The minimum absolute atomic E-state index is 0.0697. The van der Waals surface area contributed by atoms with Crippen molar-refractivity contribution in [3.63, 3.8) is 0 Å². The fourth-order valence-corrected chi connectivity index (χ4v) is 15.1. The van der Waals surface area contributed by atoms with Gasteiger partial charge in [0.1, 0.15) is 0 Å². The molecule has 7 aromatic rings. The Morgan fingerprint density at radius 1 is 0.492 bits per heavy atom. The molecule has 7 aromatic carbocycles. The predicted molar refractivity (Wildman–Crippen MR) is 246 cm³/mol. The van der Waals surface area contributed by atoms with Crippen LogP contribution in [0, 0.1) is 29.1 Å². The standard InChI is InChI=1S/C58H53N/c1-55(2)30-31-56(3,4)54-44(20-12-23-48(54)55)43-17-8-10-24-49(43)59(40-28-26-38(27-29-40)42-19-11-15-37-14-5-6-16-41(37)42)50-25-13-22-47-53(50)45-18-7-9-21-46(45)58(47)51-33-36-32-39-34-52(58)57(39,51)35-36/h5-29,36,39,51-52H,30-35H2,1-4H3. The number of anilines is 3. The van der Waals surface area contributed by atoms with E-state index in [-0.39, 0.29) is 16.2 Å². The van der Waals surface area contributed by atoms with Crippen LogP contribution in [0.15, 0.2) is 152 Å². The van der Waals surface area contributed by atoms with E-state index in [1.807, 2.05) is 0 Å². The molecule has 59 heavy (non-hydrogen) atoms. The van der Waals surface area contributed by atoms with Gasteiger partial charge in [-0.2, -0.15) is 0 Å². The summed E-state index contributed by atoms with van der Waals surface area (Å²) in [5.74, 6) is 3.45. The Hall–Kier alpha value is -5.40. The summed E-state index contributed by atoms with van der Waals surface area (Å²) < 4.78 is 0. The molecule has 6 aliphatic carbocycles. The summed E-state index contributed by atoms with van der Waals surface area (Å²) in [6.07, 6.45) is 8.20. The molecule has 6 unspecified atom stereocenters. The quantitative estimate of drug-likeness (QED) is 0.169. The van der Waals surface area contributed by atoms with Crippen molar-refractivity contribution < 1.29 is 0 Å². The topological polar surface area (TPSA) is 3.24 Å². The molecule has 6 atom stereocenters.